The number of hydrogen-bond donors (Lipinski definition) is 1. The molecule has 3 aromatic carbocycles. The molecular formula is C28H22N2O5. The topological polar surface area (TPSA) is 102 Å². The van der Waals surface area contributed by atoms with Crippen LogP contribution in [-0.2, 0) is 11.3 Å². The first kappa shape index (κ1) is 23.3. The highest BCUT2D eigenvalue weighted by atomic mass is 16.6. The number of esters is 1. The monoisotopic (exact) mass is 466 g/mol. The van der Waals surface area contributed by atoms with Gasteiger partial charge in [-0.25, -0.2) is 4.79 Å². The zero-order valence-corrected chi connectivity index (χ0v) is 19.0. The molecule has 0 radical (unpaired) electrons. The molecule has 0 saturated carbocycles. The number of nitrogens with zero attached hydrogens (tertiary/aromatic N) is 1. The van der Waals surface area contributed by atoms with E-state index in [0.717, 1.165) is 10.8 Å². The van der Waals surface area contributed by atoms with E-state index in [1.165, 1.54) is 12.3 Å². The smallest absolute Gasteiger partial charge is 0.344 e. The van der Waals surface area contributed by atoms with Crippen molar-refractivity contribution >= 4 is 28.7 Å². The van der Waals surface area contributed by atoms with E-state index in [1.54, 1.807) is 42.5 Å². The van der Waals surface area contributed by atoms with Crippen LogP contribution in [0.5, 0.6) is 11.5 Å². The minimum Gasteiger partial charge on any atom is -0.490 e. The van der Waals surface area contributed by atoms with Crippen molar-refractivity contribution in [3.05, 3.63) is 102 Å². The third-order valence-electron chi connectivity index (χ3n) is 5.16. The SMILES string of the molecule is CCOc1cc(/C=C(\C#N)C(=O)NCc2ccco2)ccc1OC(=O)c1cccc2ccccc12. The summed E-state index contributed by atoms with van der Waals surface area (Å²) < 4.78 is 16.5. The lowest BCUT2D eigenvalue weighted by Crippen LogP contribution is -2.23. The number of furan rings is 1. The third kappa shape index (κ3) is 5.57. The lowest BCUT2D eigenvalue weighted by molar-refractivity contribution is -0.117. The summed E-state index contributed by atoms with van der Waals surface area (Å²) in [5.74, 6) is 0.0897. The average molecular weight is 466 g/mol. The van der Waals surface area contributed by atoms with E-state index in [9.17, 15) is 14.9 Å². The van der Waals surface area contributed by atoms with Crippen molar-refractivity contribution in [2.75, 3.05) is 6.61 Å². The molecular weight excluding hydrogens is 444 g/mol. The summed E-state index contributed by atoms with van der Waals surface area (Å²) in [5, 5.41) is 13.8. The Morgan fingerprint density at radius 2 is 1.86 bits per heavy atom. The molecule has 0 bridgehead atoms. The fourth-order valence-corrected chi connectivity index (χ4v) is 3.52. The molecule has 0 aliphatic carbocycles. The Kier molecular flexibility index (Phi) is 7.24. The van der Waals surface area contributed by atoms with Gasteiger partial charge in [0.1, 0.15) is 17.4 Å². The standard InChI is InChI=1S/C28H22N2O5/c1-2-33-26-16-19(15-21(17-29)27(31)30-18-22-9-6-14-34-22)12-13-25(26)35-28(32)24-11-5-8-20-7-3-4-10-23(20)24/h3-16H,2,18H2,1H3,(H,30,31)/b21-15+. The van der Waals surface area contributed by atoms with Gasteiger partial charge in [0.15, 0.2) is 11.5 Å². The Hall–Kier alpha value is -4.83. The molecule has 4 rings (SSSR count). The molecule has 0 aliphatic heterocycles. The lowest BCUT2D eigenvalue weighted by Gasteiger charge is -2.12. The first-order valence-electron chi connectivity index (χ1n) is 11.0. The van der Waals surface area contributed by atoms with Crippen molar-refractivity contribution in [1.29, 1.82) is 5.26 Å². The third-order valence-corrected chi connectivity index (χ3v) is 5.16. The first-order valence-corrected chi connectivity index (χ1v) is 11.0. The molecule has 35 heavy (non-hydrogen) atoms. The zero-order chi connectivity index (χ0) is 24.6. The zero-order valence-electron chi connectivity index (χ0n) is 19.0. The van der Waals surface area contributed by atoms with Crippen molar-refractivity contribution in [3.8, 4) is 17.6 Å². The second-order valence-corrected chi connectivity index (χ2v) is 7.49. The Morgan fingerprint density at radius 3 is 2.63 bits per heavy atom. The second kappa shape index (κ2) is 10.9. The number of carbonyl (C=O) groups is 2. The molecule has 4 aromatic rings. The summed E-state index contributed by atoms with van der Waals surface area (Å²) in [6.45, 7) is 2.31. The van der Waals surface area contributed by atoms with Gasteiger partial charge in [-0.1, -0.05) is 42.5 Å². The van der Waals surface area contributed by atoms with E-state index < -0.39 is 11.9 Å². The largest absolute Gasteiger partial charge is 0.490 e. The maximum absolute atomic E-state index is 13.0. The molecule has 1 aromatic heterocycles. The van der Waals surface area contributed by atoms with Gasteiger partial charge < -0.3 is 19.2 Å². The minimum atomic E-state index is -0.534. The van der Waals surface area contributed by atoms with Gasteiger partial charge in [0.25, 0.3) is 5.91 Å². The summed E-state index contributed by atoms with van der Waals surface area (Å²) >= 11 is 0. The molecule has 1 amide bonds. The van der Waals surface area contributed by atoms with E-state index in [4.69, 9.17) is 13.9 Å². The highest BCUT2D eigenvalue weighted by Crippen LogP contribution is 2.31. The van der Waals surface area contributed by atoms with Crippen LogP contribution in [0.25, 0.3) is 16.8 Å². The van der Waals surface area contributed by atoms with Gasteiger partial charge >= 0.3 is 5.97 Å². The van der Waals surface area contributed by atoms with Gasteiger partial charge in [0.2, 0.25) is 0 Å². The Bertz CT molecular complexity index is 1430. The van der Waals surface area contributed by atoms with Gasteiger partial charge in [-0.2, -0.15) is 5.26 Å². The molecule has 1 heterocycles. The fraction of sp³-hybridized carbons (Fsp3) is 0.107. The second-order valence-electron chi connectivity index (χ2n) is 7.49. The summed E-state index contributed by atoms with van der Waals surface area (Å²) in [6, 6.07) is 23.2. The molecule has 0 saturated heterocycles. The molecule has 7 heteroatoms. The first-order chi connectivity index (χ1) is 17.1. The van der Waals surface area contributed by atoms with Gasteiger partial charge in [-0.3, -0.25) is 4.79 Å². The van der Waals surface area contributed by atoms with Crippen LogP contribution in [-0.4, -0.2) is 18.5 Å². The van der Waals surface area contributed by atoms with Gasteiger partial charge in [-0.05, 0) is 59.7 Å². The van der Waals surface area contributed by atoms with Crippen molar-refractivity contribution < 1.29 is 23.5 Å². The number of amides is 1. The van der Waals surface area contributed by atoms with Crippen LogP contribution in [0.3, 0.4) is 0 Å². The number of benzene rings is 3. The summed E-state index contributed by atoms with van der Waals surface area (Å²) in [5.41, 5.74) is 0.900. The summed E-state index contributed by atoms with van der Waals surface area (Å²) in [7, 11) is 0. The molecule has 174 valence electrons. The van der Waals surface area contributed by atoms with Crippen molar-refractivity contribution in [1.82, 2.24) is 5.32 Å². The van der Waals surface area contributed by atoms with E-state index in [1.807, 2.05) is 43.3 Å². The number of hydrogen-bond acceptors (Lipinski definition) is 6. The lowest BCUT2D eigenvalue weighted by atomic mass is 10.0. The Labute approximate surface area is 202 Å². The Morgan fingerprint density at radius 1 is 1.03 bits per heavy atom. The predicted molar refractivity (Wildman–Crippen MR) is 131 cm³/mol. The molecule has 0 unspecified atom stereocenters. The van der Waals surface area contributed by atoms with Gasteiger partial charge in [-0.15, -0.1) is 0 Å². The van der Waals surface area contributed by atoms with Crippen LogP contribution in [0.4, 0.5) is 0 Å². The maximum Gasteiger partial charge on any atom is 0.344 e. The van der Waals surface area contributed by atoms with E-state index in [2.05, 4.69) is 5.32 Å². The Balaban J connectivity index is 1.55. The number of carbonyl (C=O) groups excluding carboxylic acids is 2. The quantitative estimate of drug-likeness (QED) is 0.164. The minimum absolute atomic E-state index is 0.0838. The highest BCUT2D eigenvalue weighted by Gasteiger charge is 2.16. The summed E-state index contributed by atoms with van der Waals surface area (Å²) in [4.78, 5) is 25.4. The fourth-order valence-electron chi connectivity index (χ4n) is 3.52. The van der Waals surface area contributed by atoms with Crippen LogP contribution in [0.15, 0.2) is 89.0 Å². The highest BCUT2D eigenvalue weighted by molar-refractivity contribution is 6.05. The van der Waals surface area contributed by atoms with Crippen molar-refractivity contribution in [3.63, 3.8) is 0 Å². The van der Waals surface area contributed by atoms with Crippen molar-refractivity contribution in [2.24, 2.45) is 0 Å². The molecule has 0 aliphatic rings. The molecule has 0 fully saturated rings. The number of nitrogens with one attached hydrogen (secondary N) is 1. The number of rotatable bonds is 8. The maximum atomic E-state index is 13.0. The molecule has 1 N–H and O–H groups in total. The number of ether oxygens (including phenoxy) is 2. The predicted octanol–water partition coefficient (Wildman–Crippen LogP) is 5.27. The summed E-state index contributed by atoms with van der Waals surface area (Å²) in [6.07, 6.45) is 2.95. The number of fused-ring (bicyclic) bond motifs is 1. The van der Waals surface area contributed by atoms with E-state index in [-0.39, 0.29) is 17.9 Å². The van der Waals surface area contributed by atoms with Gasteiger partial charge in [0, 0.05) is 0 Å². The van der Waals surface area contributed by atoms with E-state index in [0.29, 0.717) is 29.2 Å². The van der Waals surface area contributed by atoms with Crippen LogP contribution in [0, 0.1) is 11.3 Å². The van der Waals surface area contributed by atoms with E-state index >= 15 is 0 Å². The molecule has 0 spiro atoms. The normalized spacial score (nSPS) is 11.0. The van der Waals surface area contributed by atoms with Crippen LogP contribution < -0.4 is 14.8 Å². The molecule has 0 atom stereocenters. The van der Waals surface area contributed by atoms with Crippen LogP contribution in [0.1, 0.15) is 28.6 Å². The van der Waals surface area contributed by atoms with Crippen molar-refractivity contribution in [2.45, 2.75) is 13.5 Å². The van der Waals surface area contributed by atoms with Crippen LogP contribution in [0.2, 0.25) is 0 Å². The van der Waals surface area contributed by atoms with Crippen LogP contribution >= 0.6 is 0 Å². The van der Waals surface area contributed by atoms with Gasteiger partial charge in [0.05, 0.1) is 25.0 Å². The molecule has 7 nitrogen and oxygen atoms in total. The number of nitriles is 1. The average Bonchev–Trinajstić information content (AvgIpc) is 3.41.